The number of carbonyl (C=O) groups excluding carboxylic acids is 2. The maximum absolute atomic E-state index is 12.1. The number of hydrogen-bond acceptors (Lipinski definition) is 3. The van der Waals surface area contributed by atoms with Gasteiger partial charge in [-0.1, -0.05) is 34.1 Å². The third-order valence-electron chi connectivity index (χ3n) is 3.35. The van der Waals surface area contributed by atoms with Crippen molar-refractivity contribution in [3.05, 3.63) is 70.7 Å². The first-order chi connectivity index (χ1) is 12.0. The largest absolute Gasteiger partial charge is 0.484 e. The van der Waals surface area contributed by atoms with Gasteiger partial charge in [0.25, 0.3) is 11.8 Å². The number of ether oxygens (including phenoxy) is 1. The third-order valence-corrected chi connectivity index (χ3v) is 4.24. The first-order valence-electron chi connectivity index (χ1n) is 7.68. The van der Waals surface area contributed by atoms with E-state index in [1.54, 1.807) is 36.4 Å². The first-order valence-corrected chi connectivity index (χ1v) is 8.47. The molecule has 0 unspecified atom stereocenters. The number of carbonyl (C=O) groups is 2. The fraction of sp³-hybridized carbons (Fsp3) is 0.158. The number of hydrogen-bond donors (Lipinski definition) is 2. The molecule has 2 N–H and O–H groups in total. The molecule has 130 valence electrons. The number of anilines is 1. The van der Waals surface area contributed by atoms with Gasteiger partial charge in [0.15, 0.2) is 6.61 Å². The lowest BCUT2D eigenvalue weighted by Crippen LogP contribution is -2.26. The Labute approximate surface area is 155 Å². The van der Waals surface area contributed by atoms with Gasteiger partial charge in [0.1, 0.15) is 5.75 Å². The fourth-order valence-electron chi connectivity index (χ4n) is 2.09. The molecule has 0 aliphatic carbocycles. The minimum atomic E-state index is -0.343. The highest BCUT2D eigenvalue weighted by Gasteiger charge is 2.12. The molecule has 2 aromatic carbocycles. The van der Waals surface area contributed by atoms with Crippen LogP contribution >= 0.6 is 15.9 Å². The van der Waals surface area contributed by atoms with Crippen molar-refractivity contribution in [3.63, 3.8) is 0 Å². The molecule has 0 saturated carbocycles. The molecular weight excluding hydrogens is 384 g/mol. The van der Waals surface area contributed by atoms with Crippen molar-refractivity contribution in [1.82, 2.24) is 5.32 Å². The first kappa shape index (κ1) is 18.7. The Hall–Kier alpha value is -2.60. The van der Waals surface area contributed by atoms with Crippen LogP contribution in [0.5, 0.6) is 5.75 Å². The van der Waals surface area contributed by atoms with Gasteiger partial charge in [0, 0.05) is 11.0 Å². The van der Waals surface area contributed by atoms with E-state index in [-0.39, 0.29) is 18.4 Å². The number of rotatable bonds is 7. The Balaban J connectivity index is 1.99. The summed E-state index contributed by atoms with van der Waals surface area (Å²) in [6.45, 7) is 5.70. The van der Waals surface area contributed by atoms with Crippen LogP contribution in [0.15, 0.2) is 59.6 Å². The van der Waals surface area contributed by atoms with E-state index in [2.05, 4.69) is 33.1 Å². The van der Waals surface area contributed by atoms with Gasteiger partial charge in [-0.3, -0.25) is 9.59 Å². The Morgan fingerprint density at radius 1 is 1.24 bits per heavy atom. The molecule has 0 fully saturated rings. The molecular formula is C19H19BrN2O3. The molecule has 6 heteroatoms. The summed E-state index contributed by atoms with van der Waals surface area (Å²) in [4.78, 5) is 24.2. The summed E-state index contributed by atoms with van der Waals surface area (Å²) in [7, 11) is 0. The summed E-state index contributed by atoms with van der Waals surface area (Å²) in [5.74, 6) is -0.0161. The predicted octanol–water partition coefficient (Wildman–Crippen LogP) is 3.69. The van der Waals surface area contributed by atoms with Crippen molar-refractivity contribution in [2.24, 2.45) is 0 Å². The zero-order valence-electron chi connectivity index (χ0n) is 13.8. The summed E-state index contributed by atoms with van der Waals surface area (Å²) in [5.41, 5.74) is 1.84. The number of amides is 2. The van der Waals surface area contributed by atoms with Crippen molar-refractivity contribution in [3.8, 4) is 5.75 Å². The van der Waals surface area contributed by atoms with E-state index < -0.39 is 0 Å². The van der Waals surface area contributed by atoms with E-state index in [1.807, 2.05) is 19.1 Å². The second-order valence-corrected chi connectivity index (χ2v) is 6.15. The van der Waals surface area contributed by atoms with E-state index in [4.69, 9.17) is 4.74 Å². The Morgan fingerprint density at radius 2 is 2.00 bits per heavy atom. The topological polar surface area (TPSA) is 67.4 Å². The monoisotopic (exact) mass is 402 g/mol. The van der Waals surface area contributed by atoms with Gasteiger partial charge >= 0.3 is 0 Å². The number of para-hydroxylation sites is 1. The Morgan fingerprint density at radius 3 is 2.72 bits per heavy atom. The second kappa shape index (κ2) is 9.03. The van der Waals surface area contributed by atoms with Crippen molar-refractivity contribution >= 4 is 33.4 Å². The summed E-state index contributed by atoms with van der Waals surface area (Å²) in [6.07, 6.45) is 1.59. The molecule has 0 bridgehead atoms. The Bertz CT molecular complexity index is 790. The number of nitrogens with one attached hydrogen (secondary N) is 2. The highest BCUT2D eigenvalue weighted by atomic mass is 79.9. The zero-order chi connectivity index (χ0) is 18.2. The van der Waals surface area contributed by atoms with E-state index in [0.717, 1.165) is 10.0 Å². The van der Waals surface area contributed by atoms with Gasteiger partial charge in [-0.2, -0.15) is 0 Å². The summed E-state index contributed by atoms with van der Waals surface area (Å²) >= 11 is 3.41. The van der Waals surface area contributed by atoms with Gasteiger partial charge in [0.05, 0.1) is 11.3 Å². The molecule has 0 atom stereocenters. The fourth-order valence-corrected chi connectivity index (χ4v) is 2.34. The van der Waals surface area contributed by atoms with Crippen molar-refractivity contribution in [2.75, 3.05) is 18.5 Å². The molecule has 0 aromatic heterocycles. The molecule has 0 radical (unpaired) electrons. The highest BCUT2D eigenvalue weighted by molar-refractivity contribution is 9.10. The highest BCUT2D eigenvalue weighted by Crippen LogP contribution is 2.21. The number of halogens is 1. The second-order valence-electron chi connectivity index (χ2n) is 5.29. The van der Waals surface area contributed by atoms with Crippen LogP contribution in [0.25, 0.3) is 0 Å². The van der Waals surface area contributed by atoms with Crippen LogP contribution in [0.2, 0.25) is 0 Å². The zero-order valence-corrected chi connectivity index (χ0v) is 15.4. The molecule has 0 aliphatic rings. The van der Waals surface area contributed by atoms with Crippen LogP contribution in [0.3, 0.4) is 0 Å². The lowest BCUT2D eigenvalue weighted by Gasteiger charge is -2.12. The average molecular weight is 403 g/mol. The van der Waals surface area contributed by atoms with Gasteiger partial charge in [-0.15, -0.1) is 6.58 Å². The minimum Gasteiger partial charge on any atom is -0.484 e. The van der Waals surface area contributed by atoms with E-state index in [9.17, 15) is 9.59 Å². The van der Waals surface area contributed by atoms with Crippen LogP contribution in [-0.2, 0) is 4.79 Å². The maximum atomic E-state index is 12.1. The molecule has 2 aromatic rings. The molecule has 5 nitrogen and oxygen atoms in total. The Kier molecular flexibility index (Phi) is 6.77. The van der Waals surface area contributed by atoms with E-state index >= 15 is 0 Å². The maximum Gasteiger partial charge on any atom is 0.262 e. The molecule has 2 rings (SSSR count). The molecule has 25 heavy (non-hydrogen) atoms. The summed E-state index contributed by atoms with van der Waals surface area (Å²) < 4.78 is 6.47. The lowest BCUT2D eigenvalue weighted by molar-refractivity contribution is -0.118. The van der Waals surface area contributed by atoms with E-state index in [1.165, 1.54) is 0 Å². The quantitative estimate of drug-likeness (QED) is 0.693. The van der Waals surface area contributed by atoms with Crippen LogP contribution in [0.4, 0.5) is 5.69 Å². The van der Waals surface area contributed by atoms with Gasteiger partial charge in [-0.25, -0.2) is 0 Å². The summed E-state index contributed by atoms with van der Waals surface area (Å²) in [5, 5.41) is 5.39. The molecule has 0 saturated heterocycles. The third kappa shape index (κ3) is 5.46. The average Bonchev–Trinajstić information content (AvgIpc) is 2.61. The SMILES string of the molecule is C=CCNC(=O)c1ccccc1NC(=O)COc1ccc(Br)c(C)c1. The minimum absolute atomic E-state index is 0.149. The van der Waals surface area contributed by atoms with Gasteiger partial charge in [-0.05, 0) is 42.8 Å². The molecule has 0 aliphatic heterocycles. The van der Waals surface area contributed by atoms with Crippen molar-refractivity contribution in [2.45, 2.75) is 6.92 Å². The summed E-state index contributed by atoms with van der Waals surface area (Å²) in [6, 6.07) is 12.3. The lowest BCUT2D eigenvalue weighted by atomic mass is 10.1. The van der Waals surface area contributed by atoms with Crippen LogP contribution in [-0.4, -0.2) is 25.0 Å². The molecule has 0 heterocycles. The van der Waals surface area contributed by atoms with Crippen LogP contribution in [0, 0.1) is 6.92 Å². The smallest absolute Gasteiger partial charge is 0.262 e. The van der Waals surface area contributed by atoms with Crippen LogP contribution < -0.4 is 15.4 Å². The normalized spacial score (nSPS) is 10.0. The number of aryl methyl sites for hydroxylation is 1. The number of benzene rings is 2. The molecule has 2 amide bonds. The van der Waals surface area contributed by atoms with E-state index in [0.29, 0.717) is 23.5 Å². The van der Waals surface area contributed by atoms with Gasteiger partial charge < -0.3 is 15.4 Å². The predicted molar refractivity (Wildman–Crippen MR) is 102 cm³/mol. The van der Waals surface area contributed by atoms with Gasteiger partial charge in [0.2, 0.25) is 0 Å². The molecule has 0 spiro atoms. The van der Waals surface area contributed by atoms with Crippen molar-refractivity contribution < 1.29 is 14.3 Å². The van der Waals surface area contributed by atoms with Crippen molar-refractivity contribution in [1.29, 1.82) is 0 Å². The standard InChI is InChI=1S/C19H19BrN2O3/c1-3-10-21-19(24)15-6-4-5-7-17(15)22-18(23)12-25-14-8-9-16(20)13(2)11-14/h3-9,11H,1,10,12H2,2H3,(H,21,24)(H,22,23). The van der Waals surface area contributed by atoms with Crippen LogP contribution in [0.1, 0.15) is 15.9 Å².